The van der Waals surface area contributed by atoms with Crippen molar-refractivity contribution < 1.29 is 19.4 Å². The minimum Gasteiger partial charge on any atom is -0.394 e. The largest absolute Gasteiger partial charge is 0.394 e. The number of hydrogen-bond donors (Lipinski definition) is 2. The first kappa shape index (κ1) is 9.95. The van der Waals surface area contributed by atoms with Crippen molar-refractivity contribution in [2.24, 2.45) is 5.90 Å². The molecule has 1 heterocycles. The molecule has 0 bridgehead atoms. The first-order valence-electron chi connectivity index (χ1n) is 3.73. The van der Waals surface area contributed by atoms with E-state index in [2.05, 4.69) is 4.84 Å². The van der Waals surface area contributed by atoms with Crippen molar-refractivity contribution in [3.05, 3.63) is 0 Å². The number of nitrogens with two attached hydrogens (primary N) is 1. The summed E-state index contributed by atoms with van der Waals surface area (Å²) < 4.78 is 10.2. The Morgan fingerprint density at radius 3 is 3.00 bits per heavy atom. The summed E-state index contributed by atoms with van der Waals surface area (Å²) in [6.45, 7) is -0.125. The van der Waals surface area contributed by atoms with Crippen LogP contribution in [0.25, 0.3) is 0 Å². The van der Waals surface area contributed by atoms with Crippen molar-refractivity contribution in [3.8, 4) is 0 Å². The Morgan fingerprint density at radius 2 is 2.42 bits per heavy atom. The van der Waals surface area contributed by atoms with E-state index in [9.17, 15) is 0 Å². The van der Waals surface area contributed by atoms with E-state index < -0.39 is 0 Å². The number of rotatable bonds is 4. The molecule has 1 aliphatic heterocycles. The zero-order valence-corrected chi connectivity index (χ0v) is 6.68. The topological polar surface area (TPSA) is 73.9 Å². The summed E-state index contributed by atoms with van der Waals surface area (Å²) in [5.74, 6) is 4.77. The van der Waals surface area contributed by atoms with Crippen LogP contribution < -0.4 is 5.90 Å². The van der Waals surface area contributed by atoms with Crippen LogP contribution in [0, 0.1) is 0 Å². The fraction of sp³-hybridized carbons (Fsp3) is 1.00. The molecular weight excluding hydrogens is 161 g/mol. The molecule has 1 fully saturated rings. The van der Waals surface area contributed by atoms with Gasteiger partial charge in [-0.15, -0.1) is 0 Å². The van der Waals surface area contributed by atoms with Gasteiger partial charge in [0.15, 0.2) is 6.79 Å². The van der Waals surface area contributed by atoms with Gasteiger partial charge in [0.05, 0.1) is 12.7 Å². The second-order valence-corrected chi connectivity index (χ2v) is 2.62. The predicted molar refractivity (Wildman–Crippen MR) is 41.1 cm³/mol. The molecule has 2 radical (unpaired) electrons. The molecule has 68 valence electrons. The average Bonchev–Trinajstić information content (AvgIpc) is 2.42. The monoisotopic (exact) mass is 173 g/mol. The maximum Gasteiger partial charge on any atom is 0.167 e. The van der Waals surface area contributed by atoms with Gasteiger partial charge in [-0.2, -0.15) is 0 Å². The van der Waals surface area contributed by atoms with Gasteiger partial charge in [-0.3, -0.25) is 4.84 Å². The van der Waals surface area contributed by atoms with Crippen LogP contribution in [0.15, 0.2) is 0 Å². The summed E-state index contributed by atoms with van der Waals surface area (Å²) in [5, 5.41) is 8.82. The highest BCUT2D eigenvalue weighted by molar-refractivity contribution is 6.11. The molecule has 0 unspecified atom stereocenters. The predicted octanol–water partition coefficient (Wildman–Crippen LogP) is -1.50. The first-order valence-corrected chi connectivity index (χ1v) is 3.73. The standard InChI is InChI=1S/C6H12BNO4/c7-6-1-4(10-3-11-8)5(2-9)12-6/h4-6,9H,1-3,8H2/t4-,5-,6-/m1/s1. The summed E-state index contributed by atoms with van der Waals surface area (Å²) in [4.78, 5) is 4.23. The molecule has 3 N–H and O–H groups in total. The van der Waals surface area contributed by atoms with E-state index in [0.717, 1.165) is 0 Å². The molecule has 0 aliphatic carbocycles. The lowest BCUT2D eigenvalue weighted by molar-refractivity contribution is -0.116. The van der Waals surface area contributed by atoms with Crippen molar-refractivity contribution >= 4 is 7.85 Å². The number of aliphatic hydroxyl groups excluding tert-OH is 1. The van der Waals surface area contributed by atoms with Crippen molar-refractivity contribution in [1.82, 2.24) is 0 Å². The summed E-state index contributed by atoms with van der Waals surface area (Å²) in [6.07, 6.45) is -0.0436. The highest BCUT2D eigenvalue weighted by atomic mass is 16.7. The maximum absolute atomic E-state index is 8.82. The van der Waals surface area contributed by atoms with Crippen molar-refractivity contribution in [3.63, 3.8) is 0 Å². The fourth-order valence-corrected chi connectivity index (χ4v) is 1.21. The van der Waals surface area contributed by atoms with Crippen molar-refractivity contribution in [2.45, 2.75) is 24.6 Å². The molecule has 0 aromatic rings. The number of ether oxygens (including phenoxy) is 2. The quantitative estimate of drug-likeness (QED) is 0.307. The summed E-state index contributed by atoms with van der Waals surface area (Å²) in [5.41, 5.74) is 0. The lowest BCUT2D eigenvalue weighted by Crippen LogP contribution is -2.29. The molecule has 3 atom stereocenters. The summed E-state index contributed by atoms with van der Waals surface area (Å²) in [7, 11) is 5.48. The third kappa shape index (κ3) is 2.43. The molecule has 1 rings (SSSR count). The number of hydrogen-bond acceptors (Lipinski definition) is 5. The van der Waals surface area contributed by atoms with Gasteiger partial charge < -0.3 is 14.6 Å². The molecule has 1 aliphatic rings. The molecule has 0 amide bonds. The Labute approximate surface area is 72.1 Å². The first-order chi connectivity index (χ1) is 5.77. The molecular formula is C6H12BNO4. The van der Waals surface area contributed by atoms with E-state index in [-0.39, 0.29) is 31.6 Å². The molecule has 1 saturated heterocycles. The molecule has 0 saturated carbocycles. The van der Waals surface area contributed by atoms with E-state index in [1.807, 2.05) is 0 Å². The number of aliphatic hydroxyl groups is 1. The van der Waals surface area contributed by atoms with Crippen LogP contribution in [0.4, 0.5) is 0 Å². The molecule has 5 nitrogen and oxygen atoms in total. The Morgan fingerprint density at radius 1 is 1.67 bits per heavy atom. The van der Waals surface area contributed by atoms with Crippen molar-refractivity contribution in [2.75, 3.05) is 13.4 Å². The van der Waals surface area contributed by atoms with Crippen LogP contribution in [0.1, 0.15) is 6.42 Å². The Kier molecular flexibility index (Phi) is 3.97. The van der Waals surface area contributed by atoms with Crippen LogP contribution >= 0.6 is 0 Å². The van der Waals surface area contributed by atoms with E-state index >= 15 is 0 Å². The van der Waals surface area contributed by atoms with Gasteiger partial charge in [-0.1, -0.05) is 0 Å². The Balaban J connectivity index is 2.30. The summed E-state index contributed by atoms with van der Waals surface area (Å²) in [6, 6.07) is -0.370. The van der Waals surface area contributed by atoms with Crippen LogP contribution in [0.5, 0.6) is 0 Å². The van der Waals surface area contributed by atoms with E-state index in [0.29, 0.717) is 6.42 Å². The fourth-order valence-electron chi connectivity index (χ4n) is 1.21. The Hall–Kier alpha value is -0.135. The van der Waals surface area contributed by atoms with E-state index in [4.69, 9.17) is 28.3 Å². The highest BCUT2D eigenvalue weighted by Crippen LogP contribution is 2.20. The minimum absolute atomic E-state index is 0.0166. The van der Waals surface area contributed by atoms with E-state index in [1.165, 1.54) is 0 Å². The smallest absolute Gasteiger partial charge is 0.167 e. The third-order valence-corrected chi connectivity index (χ3v) is 1.76. The van der Waals surface area contributed by atoms with Crippen LogP contribution in [-0.4, -0.2) is 44.6 Å². The van der Waals surface area contributed by atoms with E-state index in [1.54, 1.807) is 0 Å². The van der Waals surface area contributed by atoms with Crippen LogP contribution in [-0.2, 0) is 14.3 Å². The summed E-state index contributed by atoms with van der Waals surface area (Å²) >= 11 is 0. The molecule has 12 heavy (non-hydrogen) atoms. The van der Waals surface area contributed by atoms with Gasteiger partial charge in [0.1, 0.15) is 14.0 Å². The normalized spacial score (nSPS) is 35.7. The van der Waals surface area contributed by atoms with Gasteiger partial charge in [0.25, 0.3) is 0 Å². The lowest BCUT2D eigenvalue weighted by Gasteiger charge is -2.15. The highest BCUT2D eigenvalue weighted by Gasteiger charge is 2.32. The van der Waals surface area contributed by atoms with Gasteiger partial charge in [-0.05, 0) is 6.42 Å². The second-order valence-electron chi connectivity index (χ2n) is 2.62. The molecule has 0 aromatic heterocycles. The zero-order valence-electron chi connectivity index (χ0n) is 6.68. The van der Waals surface area contributed by atoms with Crippen LogP contribution in [0.3, 0.4) is 0 Å². The maximum atomic E-state index is 8.82. The van der Waals surface area contributed by atoms with Gasteiger partial charge in [0, 0.05) is 6.00 Å². The van der Waals surface area contributed by atoms with Crippen molar-refractivity contribution in [1.29, 1.82) is 0 Å². The Bertz CT molecular complexity index is 137. The van der Waals surface area contributed by atoms with Gasteiger partial charge in [-0.25, -0.2) is 5.90 Å². The SMILES string of the molecule is [B][C@H]1C[C@@H](OCON)[C@@H](CO)O1. The lowest BCUT2D eigenvalue weighted by atomic mass is 9.96. The molecule has 0 aromatic carbocycles. The molecule has 0 spiro atoms. The zero-order chi connectivity index (χ0) is 8.97. The minimum atomic E-state index is -0.370. The molecule has 6 heteroatoms. The van der Waals surface area contributed by atoms with Crippen LogP contribution in [0.2, 0.25) is 0 Å². The second kappa shape index (κ2) is 4.79. The third-order valence-electron chi connectivity index (χ3n) is 1.76. The average molecular weight is 173 g/mol. The van der Waals surface area contributed by atoms with Gasteiger partial charge in [0.2, 0.25) is 0 Å². The van der Waals surface area contributed by atoms with Gasteiger partial charge >= 0.3 is 0 Å².